The number of rotatable bonds is 4. The first-order valence-electron chi connectivity index (χ1n) is 13.3. The van der Waals surface area contributed by atoms with Gasteiger partial charge in [0, 0.05) is 55.0 Å². The monoisotopic (exact) mass is 539 g/mol. The quantitative estimate of drug-likeness (QED) is 0.435. The summed E-state index contributed by atoms with van der Waals surface area (Å²) in [5, 5.41) is 3.10. The number of allylic oxidation sites excluding steroid dienone is 3. The molecule has 1 saturated heterocycles. The second-order valence-corrected chi connectivity index (χ2v) is 10.3. The smallest absolute Gasteiger partial charge is 0.172 e. The van der Waals surface area contributed by atoms with Gasteiger partial charge in [-0.25, -0.2) is 29.3 Å². The molecule has 6 rings (SSSR count). The molecule has 0 saturated carbocycles. The lowest BCUT2D eigenvalue weighted by Gasteiger charge is -2.34. The summed E-state index contributed by atoms with van der Waals surface area (Å²) in [6.45, 7) is 10.5. The zero-order valence-electron chi connectivity index (χ0n) is 22.5. The summed E-state index contributed by atoms with van der Waals surface area (Å²) >= 11 is 0. The summed E-state index contributed by atoms with van der Waals surface area (Å²) in [6.07, 6.45) is 9.99. The van der Waals surface area contributed by atoms with E-state index in [1.165, 1.54) is 18.7 Å². The maximum Gasteiger partial charge on any atom is 0.172 e. The molecule has 2 atom stereocenters. The molecule has 5 heterocycles. The molecule has 2 aromatic heterocycles. The molecule has 3 aliphatic heterocycles. The number of pyridine rings is 1. The number of fused-ring (bicyclic) bond motifs is 5. The Bertz CT molecular complexity index is 1600. The van der Waals surface area contributed by atoms with Gasteiger partial charge in [0.05, 0.1) is 17.8 Å². The van der Waals surface area contributed by atoms with E-state index in [2.05, 4.69) is 43.7 Å². The first-order chi connectivity index (χ1) is 19.4. The van der Waals surface area contributed by atoms with Crippen molar-refractivity contribution < 1.29 is 13.9 Å². The number of benzene rings is 1. The molecule has 10 heteroatoms. The van der Waals surface area contributed by atoms with Gasteiger partial charge in [0.25, 0.3) is 0 Å². The minimum atomic E-state index is -0.495. The predicted octanol–water partition coefficient (Wildman–Crippen LogP) is 5.99. The zero-order chi connectivity index (χ0) is 27.6. The number of aromatic nitrogens is 3. The highest BCUT2D eigenvalue weighted by molar-refractivity contribution is 5.98. The largest absolute Gasteiger partial charge is 0.489 e. The van der Waals surface area contributed by atoms with Gasteiger partial charge in [-0.05, 0) is 37.5 Å². The molecule has 204 valence electrons. The average molecular weight is 540 g/mol. The highest BCUT2D eigenvalue weighted by atomic mass is 19.1. The third kappa shape index (κ3) is 5.42. The zero-order valence-corrected chi connectivity index (χ0v) is 22.5. The molecule has 0 aliphatic carbocycles. The van der Waals surface area contributed by atoms with Crippen LogP contribution < -0.4 is 19.7 Å². The van der Waals surface area contributed by atoms with Gasteiger partial charge < -0.3 is 19.7 Å². The number of halogens is 1. The summed E-state index contributed by atoms with van der Waals surface area (Å²) < 4.78 is 27.4. The average Bonchev–Trinajstić information content (AvgIpc) is 3.08. The molecule has 1 unspecified atom stereocenters. The third-order valence-corrected chi connectivity index (χ3v) is 7.34. The van der Waals surface area contributed by atoms with E-state index in [1.807, 2.05) is 19.1 Å². The van der Waals surface area contributed by atoms with Crippen LogP contribution in [0.25, 0.3) is 11.0 Å². The molecule has 40 heavy (non-hydrogen) atoms. The second-order valence-electron chi connectivity index (χ2n) is 10.3. The van der Waals surface area contributed by atoms with Crippen molar-refractivity contribution in [2.45, 2.75) is 26.7 Å². The number of piperidine rings is 1. The van der Waals surface area contributed by atoms with Gasteiger partial charge in [0.15, 0.2) is 17.4 Å². The first-order valence-corrected chi connectivity index (χ1v) is 13.3. The van der Waals surface area contributed by atoms with Crippen LogP contribution in [0.5, 0.6) is 11.5 Å². The second kappa shape index (κ2) is 10.9. The van der Waals surface area contributed by atoms with Crippen LogP contribution in [0.3, 0.4) is 0 Å². The van der Waals surface area contributed by atoms with Crippen LogP contribution in [0.15, 0.2) is 76.8 Å². The van der Waals surface area contributed by atoms with Crippen molar-refractivity contribution >= 4 is 40.4 Å². The van der Waals surface area contributed by atoms with E-state index in [9.17, 15) is 0 Å². The minimum absolute atomic E-state index is 0.243. The Balaban J connectivity index is 1.26. The van der Waals surface area contributed by atoms with Crippen LogP contribution in [0.2, 0.25) is 0 Å². The Kier molecular flexibility index (Phi) is 6.98. The molecule has 0 spiro atoms. The van der Waals surface area contributed by atoms with Crippen LogP contribution in [0, 0.1) is 17.7 Å². The molecular formula is C30H30FN7O2. The van der Waals surface area contributed by atoms with E-state index in [0.717, 1.165) is 31.1 Å². The summed E-state index contributed by atoms with van der Waals surface area (Å²) in [5.74, 6) is 3.35. The Hall–Kier alpha value is -4.60. The van der Waals surface area contributed by atoms with Crippen LogP contribution in [0.1, 0.15) is 26.7 Å². The van der Waals surface area contributed by atoms with Gasteiger partial charge in [0.2, 0.25) is 0 Å². The summed E-state index contributed by atoms with van der Waals surface area (Å²) in [7, 11) is 0. The van der Waals surface area contributed by atoms with E-state index in [0.29, 0.717) is 64.6 Å². The van der Waals surface area contributed by atoms with Crippen molar-refractivity contribution in [1.82, 2.24) is 15.0 Å². The third-order valence-electron chi connectivity index (χ3n) is 7.34. The van der Waals surface area contributed by atoms with Crippen LogP contribution in [-0.2, 0) is 0 Å². The lowest BCUT2D eigenvalue weighted by atomic mass is 9.88. The Morgan fingerprint density at radius 2 is 2.12 bits per heavy atom. The van der Waals surface area contributed by atoms with Crippen molar-refractivity contribution in [2.75, 3.05) is 29.9 Å². The number of nitrogens with zero attached hydrogens (tertiary/aromatic N) is 6. The Labute approximate surface area is 231 Å². The van der Waals surface area contributed by atoms with Gasteiger partial charge in [-0.3, -0.25) is 0 Å². The molecule has 0 amide bonds. The van der Waals surface area contributed by atoms with Gasteiger partial charge in [-0.15, -0.1) is 0 Å². The normalized spacial score (nSPS) is 22.8. The Morgan fingerprint density at radius 1 is 1.23 bits per heavy atom. The van der Waals surface area contributed by atoms with Crippen LogP contribution >= 0.6 is 0 Å². The highest BCUT2D eigenvalue weighted by Gasteiger charge is 2.32. The molecule has 9 nitrogen and oxygen atoms in total. The first kappa shape index (κ1) is 25.7. The molecule has 0 radical (unpaired) electrons. The topological polar surface area (TPSA) is 97.1 Å². The lowest BCUT2D eigenvalue weighted by molar-refractivity contribution is 0.196. The van der Waals surface area contributed by atoms with Crippen LogP contribution in [-0.4, -0.2) is 46.7 Å². The molecular weight excluding hydrogens is 509 g/mol. The number of nitrogens with one attached hydrogen (secondary N) is 1. The van der Waals surface area contributed by atoms with E-state index in [4.69, 9.17) is 14.5 Å². The molecule has 1 fully saturated rings. The minimum Gasteiger partial charge on any atom is -0.489 e. The fourth-order valence-corrected chi connectivity index (χ4v) is 4.98. The van der Waals surface area contributed by atoms with E-state index < -0.39 is 5.82 Å². The molecule has 2 bridgehead atoms. The number of anilines is 3. The van der Waals surface area contributed by atoms with Gasteiger partial charge in [0.1, 0.15) is 35.5 Å². The fourth-order valence-electron chi connectivity index (χ4n) is 4.98. The van der Waals surface area contributed by atoms with Crippen LogP contribution in [0.4, 0.5) is 21.7 Å². The maximum atomic E-state index is 15.3. The van der Waals surface area contributed by atoms with Crippen molar-refractivity contribution in [3.63, 3.8) is 0 Å². The van der Waals surface area contributed by atoms with Crippen molar-refractivity contribution in [1.29, 1.82) is 0 Å². The molecule has 3 aromatic rings. The van der Waals surface area contributed by atoms with Gasteiger partial charge >= 0.3 is 0 Å². The summed E-state index contributed by atoms with van der Waals surface area (Å²) in [6, 6.07) is 6.53. The van der Waals surface area contributed by atoms with E-state index >= 15 is 4.39 Å². The predicted molar refractivity (Wildman–Crippen MR) is 155 cm³/mol. The van der Waals surface area contributed by atoms with Crippen molar-refractivity contribution in [3.05, 3.63) is 72.7 Å². The maximum absolute atomic E-state index is 15.3. The summed E-state index contributed by atoms with van der Waals surface area (Å²) in [4.78, 5) is 24.4. The molecule has 1 aromatic carbocycles. The molecule has 3 aliphatic rings. The van der Waals surface area contributed by atoms with E-state index in [-0.39, 0.29) is 5.69 Å². The fraction of sp³-hybridized carbons (Fsp3) is 0.300. The number of aliphatic imine (C=N–C) groups is 2. The highest BCUT2D eigenvalue weighted by Crippen LogP contribution is 2.39. The standard InChI is InChI=1S/C30H30FN7O2/c1-18-9-10-38-14-21(18)15-39-27-13-26-28(37-30(27)38)29(35-17-34-26)36-25-8-7-23(12-24(25)31)40-22-6-4-5-19(2)32-16-33-20(3)11-22/h4,6-8,11-13,16-18,21H,2,5,9-10,14-15H2,1,3H3,(H,34,35,36)/b6-4-,22-11+,32-16?,33-20?/t18?,21-/m0/s1. The van der Waals surface area contributed by atoms with Gasteiger partial charge in [-0.2, -0.15) is 0 Å². The Morgan fingerprint density at radius 3 is 3.00 bits per heavy atom. The van der Waals surface area contributed by atoms with Crippen molar-refractivity contribution in [3.8, 4) is 11.5 Å². The number of hydrogen-bond acceptors (Lipinski definition) is 9. The summed E-state index contributed by atoms with van der Waals surface area (Å²) in [5.41, 5.74) is 2.80. The van der Waals surface area contributed by atoms with E-state index in [1.54, 1.807) is 24.3 Å². The van der Waals surface area contributed by atoms with Crippen molar-refractivity contribution in [2.24, 2.45) is 21.8 Å². The number of ether oxygens (including phenoxy) is 2. The molecule has 1 N–H and O–H groups in total. The van der Waals surface area contributed by atoms with Gasteiger partial charge in [-0.1, -0.05) is 19.6 Å². The number of hydrogen-bond donors (Lipinski definition) is 1. The lowest BCUT2D eigenvalue weighted by Crippen LogP contribution is -2.40. The SMILES string of the molecule is C=C1C/C=C\C(Oc2ccc(Nc3ncnc4cc5c(nc34)N3CCC(C)[C@H](CO5)C3)c(F)c2)=C/C(C)=NC=N1.